The monoisotopic (exact) mass is 240 g/mol. The van der Waals surface area contributed by atoms with Crippen molar-refractivity contribution in [2.75, 3.05) is 33.4 Å². The van der Waals surface area contributed by atoms with Gasteiger partial charge in [-0.2, -0.15) is 0 Å². The van der Waals surface area contributed by atoms with Gasteiger partial charge in [0, 0.05) is 20.1 Å². The van der Waals surface area contributed by atoms with Crippen molar-refractivity contribution >= 4 is 5.91 Å². The highest BCUT2D eigenvalue weighted by atomic mass is 16.5. The van der Waals surface area contributed by atoms with Gasteiger partial charge in [0.2, 0.25) is 5.91 Å². The van der Waals surface area contributed by atoms with Crippen LogP contribution >= 0.6 is 0 Å². The van der Waals surface area contributed by atoms with E-state index >= 15 is 0 Å². The number of carbonyl (C=O) groups is 1. The Morgan fingerprint density at radius 1 is 1.41 bits per heavy atom. The van der Waals surface area contributed by atoms with Crippen molar-refractivity contribution < 1.29 is 9.53 Å². The molecule has 1 unspecified atom stereocenters. The molecule has 2 aliphatic rings. The molecule has 1 aliphatic heterocycles. The van der Waals surface area contributed by atoms with Crippen LogP contribution in [0.4, 0.5) is 0 Å². The van der Waals surface area contributed by atoms with E-state index in [-0.39, 0.29) is 11.9 Å². The fourth-order valence-electron chi connectivity index (χ4n) is 2.78. The Kier molecular flexibility index (Phi) is 4.80. The zero-order chi connectivity index (χ0) is 12.1. The maximum Gasteiger partial charge on any atom is 0.241 e. The summed E-state index contributed by atoms with van der Waals surface area (Å²) in [6.07, 6.45) is 6.62. The van der Waals surface area contributed by atoms with Gasteiger partial charge in [0.25, 0.3) is 0 Å². The van der Waals surface area contributed by atoms with E-state index in [1.165, 1.54) is 25.7 Å². The van der Waals surface area contributed by atoms with E-state index in [4.69, 9.17) is 4.74 Å². The normalized spacial score (nSPS) is 26.1. The molecule has 98 valence electrons. The highest BCUT2D eigenvalue weighted by Crippen LogP contribution is 2.27. The first-order chi connectivity index (χ1) is 8.27. The first-order valence-corrected chi connectivity index (χ1v) is 6.83. The molecule has 2 fully saturated rings. The van der Waals surface area contributed by atoms with Crippen LogP contribution < -0.4 is 5.32 Å². The number of likely N-dealkylation sites (N-methyl/N-ethyl adjacent to an activating group) is 1. The number of carbonyl (C=O) groups excluding carboxylic acids is 1. The first kappa shape index (κ1) is 12.8. The van der Waals surface area contributed by atoms with Crippen molar-refractivity contribution in [3.05, 3.63) is 0 Å². The van der Waals surface area contributed by atoms with Gasteiger partial charge >= 0.3 is 0 Å². The summed E-state index contributed by atoms with van der Waals surface area (Å²) in [5, 5.41) is 3.21. The molecule has 1 atom stereocenters. The lowest BCUT2D eigenvalue weighted by Crippen LogP contribution is -2.51. The van der Waals surface area contributed by atoms with Crippen LogP contribution in [-0.4, -0.2) is 50.2 Å². The van der Waals surface area contributed by atoms with E-state index in [2.05, 4.69) is 5.32 Å². The van der Waals surface area contributed by atoms with Crippen molar-refractivity contribution in [3.63, 3.8) is 0 Å². The Labute approximate surface area is 104 Å². The number of ether oxygens (including phenoxy) is 1. The average Bonchev–Trinajstić information content (AvgIpc) is 2.89. The molecular weight excluding hydrogens is 216 g/mol. The average molecular weight is 240 g/mol. The van der Waals surface area contributed by atoms with Crippen LogP contribution in [0.1, 0.15) is 32.1 Å². The molecule has 1 amide bonds. The molecule has 4 nitrogen and oxygen atoms in total. The van der Waals surface area contributed by atoms with Crippen LogP contribution in [-0.2, 0) is 9.53 Å². The van der Waals surface area contributed by atoms with Crippen molar-refractivity contribution in [1.82, 2.24) is 10.2 Å². The van der Waals surface area contributed by atoms with Crippen molar-refractivity contribution in [3.8, 4) is 0 Å². The summed E-state index contributed by atoms with van der Waals surface area (Å²) in [6.45, 7) is 2.91. The van der Waals surface area contributed by atoms with E-state index < -0.39 is 0 Å². The van der Waals surface area contributed by atoms with Crippen LogP contribution in [0.3, 0.4) is 0 Å². The predicted molar refractivity (Wildman–Crippen MR) is 66.8 cm³/mol. The Morgan fingerprint density at radius 3 is 2.82 bits per heavy atom. The maximum absolute atomic E-state index is 12.1. The number of nitrogens with zero attached hydrogens (tertiary/aromatic N) is 1. The fourth-order valence-corrected chi connectivity index (χ4v) is 2.78. The van der Waals surface area contributed by atoms with Crippen LogP contribution in [0.15, 0.2) is 0 Å². The highest BCUT2D eigenvalue weighted by molar-refractivity contribution is 5.81. The van der Waals surface area contributed by atoms with Crippen LogP contribution in [0.2, 0.25) is 0 Å². The van der Waals surface area contributed by atoms with E-state index in [1.54, 1.807) is 0 Å². The van der Waals surface area contributed by atoms with Gasteiger partial charge in [-0.15, -0.1) is 0 Å². The second kappa shape index (κ2) is 6.36. The lowest BCUT2D eigenvalue weighted by atomic mass is 10.0. The number of rotatable bonds is 4. The molecule has 0 aromatic heterocycles. The molecule has 0 bridgehead atoms. The maximum atomic E-state index is 12.1. The quantitative estimate of drug-likeness (QED) is 0.797. The third-order valence-electron chi connectivity index (χ3n) is 3.94. The van der Waals surface area contributed by atoms with Crippen LogP contribution in [0.25, 0.3) is 0 Å². The molecule has 1 heterocycles. The summed E-state index contributed by atoms with van der Waals surface area (Å²) in [7, 11) is 1.91. The molecule has 4 heteroatoms. The molecule has 1 saturated carbocycles. The largest absolute Gasteiger partial charge is 0.378 e. The highest BCUT2D eigenvalue weighted by Gasteiger charge is 2.25. The summed E-state index contributed by atoms with van der Waals surface area (Å²) >= 11 is 0. The van der Waals surface area contributed by atoms with E-state index in [0.717, 1.165) is 32.0 Å². The zero-order valence-corrected chi connectivity index (χ0v) is 10.8. The first-order valence-electron chi connectivity index (χ1n) is 6.83. The number of hydrogen-bond acceptors (Lipinski definition) is 3. The van der Waals surface area contributed by atoms with Gasteiger partial charge in [-0.05, 0) is 12.3 Å². The molecule has 1 aliphatic carbocycles. The molecule has 0 aromatic rings. The Balaban J connectivity index is 1.70. The van der Waals surface area contributed by atoms with Crippen LogP contribution in [0, 0.1) is 5.92 Å². The van der Waals surface area contributed by atoms with Gasteiger partial charge in [0.1, 0.15) is 6.04 Å². The molecule has 0 radical (unpaired) electrons. The Morgan fingerprint density at radius 2 is 2.18 bits per heavy atom. The van der Waals surface area contributed by atoms with E-state index in [0.29, 0.717) is 6.61 Å². The van der Waals surface area contributed by atoms with E-state index in [1.807, 2.05) is 11.9 Å². The lowest BCUT2D eigenvalue weighted by Gasteiger charge is -2.28. The summed E-state index contributed by atoms with van der Waals surface area (Å²) < 4.78 is 5.32. The van der Waals surface area contributed by atoms with Gasteiger partial charge in [0.15, 0.2) is 0 Å². The van der Waals surface area contributed by atoms with Gasteiger partial charge in [-0.25, -0.2) is 0 Å². The molecule has 2 rings (SSSR count). The third-order valence-corrected chi connectivity index (χ3v) is 3.94. The van der Waals surface area contributed by atoms with Gasteiger partial charge in [-0.1, -0.05) is 25.7 Å². The number of morpholine rings is 1. The molecule has 1 N–H and O–H groups in total. The summed E-state index contributed by atoms with van der Waals surface area (Å²) in [5.41, 5.74) is 0. The standard InChI is InChI=1S/C13H24N2O2/c1-15(8-6-11-4-2-3-5-11)13(16)12-10-17-9-7-14-12/h11-12,14H,2-10H2,1H3. The van der Waals surface area contributed by atoms with E-state index in [9.17, 15) is 4.79 Å². The smallest absolute Gasteiger partial charge is 0.241 e. The Bertz CT molecular complexity index is 246. The second-order valence-electron chi connectivity index (χ2n) is 5.28. The summed E-state index contributed by atoms with van der Waals surface area (Å²) in [6, 6.07) is -0.127. The predicted octanol–water partition coefficient (Wildman–Crippen LogP) is 1.01. The number of hydrogen-bond donors (Lipinski definition) is 1. The minimum atomic E-state index is -0.127. The van der Waals surface area contributed by atoms with Crippen molar-refractivity contribution in [2.24, 2.45) is 5.92 Å². The molecule has 0 spiro atoms. The van der Waals surface area contributed by atoms with Crippen LogP contribution in [0.5, 0.6) is 0 Å². The van der Waals surface area contributed by atoms with Gasteiger partial charge in [-0.3, -0.25) is 4.79 Å². The minimum absolute atomic E-state index is 0.127. The van der Waals surface area contributed by atoms with Gasteiger partial charge < -0.3 is 15.0 Å². The zero-order valence-electron chi connectivity index (χ0n) is 10.8. The summed E-state index contributed by atoms with van der Waals surface area (Å²) in [4.78, 5) is 14.0. The minimum Gasteiger partial charge on any atom is -0.378 e. The Hall–Kier alpha value is -0.610. The van der Waals surface area contributed by atoms with Crippen molar-refractivity contribution in [2.45, 2.75) is 38.1 Å². The van der Waals surface area contributed by atoms with Crippen molar-refractivity contribution in [1.29, 1.82) is 0 Å². The molecule has 17 heavy (non-hydrogen) atoms. The number of amides is 1. The lowest BCUT2D eigenvalue weighted by molar-refractivity contribution is -0.135. The SMILES string of the molecule is CN(CCC1CCCC1)C(=O)C1COCCN1. The summed E-state index contributed by atoms with van der Waals surface area (Å²) in [5.74, 6) is 1.03. The third kappa shape index (κ3) is 3.68. The topological polar surface area (TPSA) is 41.6 Å². The molecule has 0 aromatic carbocycles. The fraction of sp³-hybridized carbons (Fsp3) is 0.923. The molecular formula is C13H24N2O2. The molecule has 1 saturated heterocycles. The number of nitrogens with one attached hydrogen (secondary N) is 1. The van der Waals surface area contributed by atoms with Gasteiger partial charge in [0.05, 0.1) is 13.2 Å². The second-order valence-corrected chi connectivity index (χ2v) is 5.28.